The molecule has 17 heavy (non-hydrogen) atoms. The van der Waals surface area contributed by atoms with Crippen LogP contribution >= 0.6 is 11.6 Å². The number of nitrogens with two attached hydrogens (primary N) is 1. The quantitative estimate of drug-likeness (QED) is 0.327. The molecule has 1 aromatic carbocycles. The summed E-state index contributed by atoms with van der Waals surface area (Å²) >= 11 is 5.42. The summed E-state index contributed by atoms with van der Waals surface area (Å²) < 4.78 is 31.9. The van der Waals surface area contributed by atoms with Crippen molar-refractivity contribution >= 4 is 33.4 Å². The van der Waals surface area contributed by atoms with Crippen molar-refractivity contribution in [3.8, 4) is 0 Å². The molecule has 0 bridgehead atoms. The predicted molar refractivity (Wildman–Crippen MR) is 48.2 cm³/mol. The fourth-order valence-corrected chi connectivity index (χ4v) is 1.86. The number of carbonyl (C=O) groups excluding carboxylic acids is 1. The molecule has 1 aromatic rings. The van der Waals surface area contributed by atoms with Crippen molar-refractivity contribution < 1.29 is 126 Å². The Morgan fingerprint density at radius 1 is 1.29 bits per heavy atom. The summed E-state index contributed by atoms with van der Waals surface area (Å²) in [5, 5.41) is 10.0. The topological polar surface area (TPSA) is 123 Å². The third-order valence-corrected chi connectivity index (χ3v) is 2.79. The zero-order valence-corrected chi connectivity index (χ0v) is 16.9. The first-order valence-electron chi connectivity index (χ1n) is 3.49. The van der Waals surface area contributed by atoms with Gasteiger partial charge in [0, 0.05) is 11.3 Å². The monoisotopic (exact) mass is 327 g/mol. The molecule has 0 radical (unpaired) electrons. The van der Waals surface area contributed by atoms with Crippen molar-refractivity contribution in [2.75, 3.05) is 5.73 Å². The maximum Gasteiger partial charge on any atom is 1.00 e. The number of rotatable bonds is 2. The summed E-state index contributed by atoms with van der Waals surface area (Å²) in [6.45, 7) is 0. The van der Waals surface area contributed by atoms with E-state index in [0.29, 0.717) is 6.07 Å². The second-order valence-electron chi connectivity index (χ2n) is 2.61. The summed E-state index contributed by atoms with van der Waals surface area (Å²) in [5.74, 6) is -1.61. The minimum Gasteiger partial charge on any atom is -0.744 e. The molecule has 82 valence electrons. The van der Waals surface area contributed by atoms with Crippen molar-refractivity contribution in [3.63, 3.8) is 0 Å². The van der Waals surface area contributed by atoms with E-state index >= 15 is 0 Å². The van der Waals surface area contributed by atoms with Gasteiger partial charge in [-0.25, -0.2) is 8.42 Å². The fourth-order valence-electron chi connectivity index (χ4n) is 0.945. The van der Waals surface area contributed by atoms with E-state index in [4.69, 9.17) is 17.3 Å². The Bertz CT molecular complexity index is 533. The third-order valence-electron chi connectivity index (χ3n) is 1.59. The summed E-state index contributed by atoms with van der Waals surface area (Å²) in [4.78, 5) is 9.70. The molecular weight excluding hydrogens is 324 g/mol. The summed E-state index contributed by atoms with van der Waals surface area (Å²) in [6, 6.07) is 1.45. The molecule has 0 aromatic heterocycles. The van der Waals surface area contributed by atoms with Crippen LogP contribution in [0.25, 0.3) is 0 Å². The van der Waals surface area contributed by atoms with Crippen LogP contribution in [0.15, 0.2) is 17.0 Å². The predicted octanol–water partition coefficient (Wildman–Crippen LogP) is -6.80. The molecule has 0 atom stereocenters. The molecule has 6 nitrogen and oxygen atoms in total. The molecule has 0 unspecified atom stereocenters. The van der Waals surface area contributed by atoms with Crippen LogP contribution in [0.4, 0.5) is 5.69 Å². The van der Waals surface area contributed by atoms with Crippen LogP contribution in [0.2, 0.25) is 5.02 Å². The van der Waals surface area contributed by atoms with E-state index in [1.54, 1.807) is 0 Å². The second-order valence-corrected chi connectivity index (χ2v) is 4.37. The van der Waals surface area contributed by atoms with E-state index in [1.807, 2.05) is 0 Å². The zero-order chi connectivity index (χ0) is 11.8. The number of hydrogen-bond donors (Lipinski definition) is 1. The molecule has 0 heterocycles. The van der Waals surface area contributed by atoms with Crippen molar-refractivity contribution in [2.24, 2.45) is 0 Å². The fraction of sp³-hybridized carbons (Fsp3) is 0. The third kappa shape index (κ3) is 5.85. The van der Waals surface area contributed by atoms with Gasteiger partial charge in [-0.05, 0) is 12.1 Å². The number of hydrogen-bond acceptors (Lipinski definition) is 6. The Hall–Kier alpha value is 1.96. The standard InChI is InChI=1S/C7H6ClNO5S.2K/c8-4-2-6(15(12,13)14)5(9)1-3(4)7(10)11;;/h1-2H,9H2,(H,10,11)(H,12,13,14);;/q;2*+1/p-2. The average molecular weight is 328 g/mol. The Balaban J connectivity index is 0. The van der Waals surface area contributed by atoms with Gasteiger partial charge in [-0.3, -0.25) is 0 Å². The van der Waals surface area contributed by atoms with E-state index in [0.717, 1.165) is 6.07 Å². The molecule has 0 saturated heterocycles. The van der Waals surface area contributed by atoms with Gasteiger partial charge in [0.1, 0.15) is 10.1 Å². The van der Waals surface area contributed by atoms with Crippen LogP contribution in [-0.2, 0) is 10.1 Å². The maximum absolute atomic E-state index is 10.6. The molecule has 1 rings (SSSR count). The Labute approximate surface area is 188 Å². The van der Waals surface area contributed by atoms with Crippen LogP contribution in [-0.4, -0.2) is 18.9 Å². The largest absolute Gasteiger partial charge is 1.00 e. The van der Waals surface area contributed by atoms with E-state index in [-0.39, 0.29) is 103 Å². The molecule has 0 saturated carbocycles. The van der Waals surface area contributed by atoms with Crippen molar-refractivity contribution in [3.05, 3.63) is 22.7 Å². The van der Waals surface area contributed by atoms with Gasteiger partial charge in [0.15, 0.2) is 0 Å². The first-order chi connectivity index (χ1) is 6.73. The number of halogens is 1. The van der Waals surface area contributed by atoms with Gasteiger partial charge in [0.25, 0.3) is 0 Å². The summed E-state index contributed by atoms with van der Waals surface area (Å²) in [6.07, 6.45) is 0. The molecular formula is C7H4ClK2NO5S. The molecule has 0 aliphatic rings. The minimum atomic E-state index is -4.77. The van der Waals surface area contributed by atoms with Crippen LogP contribution in [0.1, 0.15) is 10.4 Å². The van der Waals surface area contributed by atoms with Gasteiger partial charge in [0.05, 0.1) is 15.9 Å². The van der Waals surface area contributed by atoms with Gasteiger partial charge in [-0.1, -0.05) is 11.6 Å². The molecule has 0 fully saturated rings. The SMILES string of the molecule is Nc1cc(C(=O)[O-])c(Cl)cc1S(=O)(=O)[O-].[K+].[K+]. The van der Waals surface area contributed by atoms with E-state index in [2.05, 4.69) is 0 Å². The first-order valence-corrected chi connectivity index (χ1v) is 5.28. The summed E-state index contributed by atoms with van der Waals surface area (Å²) in [5.41, 5.74) is 4.24. The number of nitrogen functional groups attached to an aromatic ring is 1. The van der Waals surface area contributed by atoms with Gasteiger partial charge < -0.3 is 20.2 Å². The molecule has 0 aliphatic heterocycles. The van der Waals surface area contributed by atoms with Crippen molar-refractivity contribution in [2.45, 2.75) is 4.90 Å². The number of carboxylic acids is 1. The van der Waals surface area contributed by atoms with Crippen LogP contribution in [0.5, 0.6) is 0 Å². The van der Waals surface area contributed by atoms with Gasteiger partial charge in [0.2, 0.25) is 0 Å². The number of aromatic carboxylic acids is 1. The number of benzene rings is 1. The van der Waals surface area contributed by atoms with Crippen LogP contribution < -0.4 is 114 Å². The van der Waals surface area contributed by atoms with E-state index in [9.17, 15) is 22.9 Å². The van der Waals surface area contributed by atoms with Gasteiger partial charge >= 0.3 is 103 Å². The number of anilines is 1. The van der Waals surface area contributed by atoms with Crippen LogP contribution in [0.3, 0.4) is 0 Å². The normalized spacial score (nSPS) is 10.0. The minimum absolute atomic E-state index is 0. The molecule has 2 N–H and O–H groups in total. The Morgan fingerprint density at radius 3 is 2.12 bits per heavy atom. The van der Waals surface area contributed by atoms with Crippen molar-refractivity contribution in [1.82, 2.24) is 0 Å². The zero-order valence-electron chi connectivity index (χ0n) is 9.06. The molecule has 0 spiro atoms. The second kappa shape index (κ2) is 8.29. The average Bonchev–Trinajstić information content (AvgIpc) is 2.06. The maximum atomic E-state index is 10.6. The van der Waals surface area contributed by atoms with Crippen LogP contribution in [0, 0.1) is 0 Å². The van der Waals surface area contributed by atoms with E-state index in [1.165, 1.54) is 0 Å². The number of carboxylic acid groups (broad SMARTS) is 1. The van der Waals surface area contributed by atoms with Gasteiger partial charge in [-0.15, -0.1) is 0 Å². The number of carbonyl (C=O) groups is 1. The Morgan fingerprint density at radius 2 is 1.76 bits per heavy atom. The summed E-state index contributed by atoms with van der Waals surface area (Å²) in [7, 11) is -4.77. The molecule has 10 heteroatoms. The van der Waals surface area contributed by atoms with E-state index < -0.39 is 37.3 Å². The first kappa shape index (κ1) is 21.3. The molecule has 0 amide bonds. The molecule has 0 aliphatic carbocycles. The van der Waals surface area contributed by atoms with Crippen molar-refractivity contribution in [1.29, 1.82) is 0 Å². The van der Waals surface area contributed by atoms with Gasteiger partial charge in [-0.2, -0.15) is 0 Å². The Kier molecular flexibility index (Phi) is 10.4. The smallest absolute Gasteiger partial charge is 0.744 e.